The monoisotopic (exact) mass is 507 g/mol. The van der Waals surface area contributed by atoms with Crippen molar-refractivity contribution < 1.29 is 28.3 Å². The van der Waals surface area contributed by atoms with Crippen LogP contribution >= 0.6 is 23.2 Å². The van der Waals surface area contributed by atoms with E-state index in [1.165, 1.54) is 21.3 Å². The van der Waals surface area contributed by atoms with Crippen LogP contribution < -0.4 is 25.1 Å². The van der Waals surface area contributed by atoms with E-state index in [0.29, 0.717) is 39.3 Å². The topological polar surface area (TPSA) is 112 Å². The first-order valence-corrected chi connectivity index (χ1v) is 10.8. The second-order valence-electron chi connectivity index (χ2n) is 7.09. The van der Waals surface area contributed by atoms with Gasteiger partial charge in [-0.25, -0.2) is 0 Å². The zero-order chi connectivity index (χ0) is 24.8. The van der Waals surface area contributed by atoms with Crippen LogP contribution in [-0.2, 0) is 11.2 Å². The highest BCUT2D eigenvalue weighted by Gasteiger charge is 2.25. The fourth-order valence-electron chi connectivity index (χ4n) is 3.32. The van der Waals surface area contributed by atoms with Crippen molar-refractivity contribution in [1.29, 1.82) is 0 Å². The summed E-state index contributed by atoms with van der Waals surface area (Å²) in [6, 6.07) is 8.44. The van der Waals surface area contributed by atoms with Gasteiger partial charge in [0.2, 0.25) is 11.7 Å². The van der Waals surface area contributed by atoms with Gasteiger partial charge in [-0.3, -0.25) is 20.4 Å². The Hall–Kier alpha value is -3.43. The normalized spacial score (nSPS) is 10.5. The molecule has 0 spiro atoms. The van der Waals surface area contributed by atoms with Gasteiger partial charge in [-0.05, 0) is 43.2 Å². The van der Waals surface area contributed by atoms with Gasteiger partial charge in [-0.2, -0.15) is 0 Å². The van der Waals surface area contributed by atoms with Crippen molar-refractivity contribution in [2.45, 2.75) is 19.8 Å². The van der Waals surface area contributed by atoms with E-state index in [-0.39, 0.29) is 23.4 Å². The maximum absolute atomic E-state index is 12.8. The van der Waals surface area contributed by atoms with Crippen molar-refractivity contribution in [2.75, 3.05) is 21.3 Å². The number of halogens is 2. The Morgan fingerprint density at radius 3 is 2.18 bits per heavy atom. The van der Waals surface area contributed by atoms with Crippen molar-refractivity contribution in [1.82, 2.24) is 16.0 Å². The molecule has 0 saturated carbocycles. The molecule has 11 heteroatoms. The highest BCUT2D eigenvalue weighted by atomic mass is 35.5. The molecule has 3 aromatic rings. The highest BCUT2D eigenvalue weighted by molar-refractivity contribution is 6.39. The lowest BCUT2D eigenvalue weighted by Crippen LogP contribution is -2.42. The molecule has 0 aliphatic heterocycles. The van der Waals surface area contributed by atoms with Gasteiger partial charge < -0.3 is 18.7 Å². The molecule has 9 nitrogen and oxygen atoms in total. The zero-order valence-corrected chi connectivity index (χ0v) is 20.5. The molecule has 2 amide bonds. The zero-order valence-electron chi connectivity index (χ0n) is 19.0. The molecule has 1 aromatic heterocycles. The summed E-state index contributed by atoms with van der Waals surface area (Å²) < 4.78 is 21.1. The standard InChI is InChI=1S/C23H23Cl2N3O6/c1-12-19(21(28-34-12)20-14(24)6-5-7-15(20)25)23(30)27-26-18(29)9-8-13-10-16(31-2)22(33-4)17(11-13)32-3/h5-7,10-11H,8-9H2,1-4H3,(H,26,29)(H,27,30). The van der Waals surface area contributed by atoms with E-state index in [1.807, 2.05) is 0 Å². The summed E-state index contributed by atoms with van der Waals surface area (Å²) in [6.45, 7) is 1.57. The number of methoxy groups -OCH3 is 3. The number of amides is 2. The first-order valence-electron chi connectivity index (χ1n) is 10.1. The van der Waals surface area contributed by atoms with Crippen LogP contribution in [0, 0.1) is 6.92 Å². The van der Waals surface area contributed by atoms with Crippen LogP contribution in [0.15, 0.2) is 34.9 Å². The van der Waals surface area contributed by atoms with Crippen LogP contribution in [0.25, 0.3) is 11.3 Å². The Morgan fingerprint density at radius 1 is 1.00 bits per heavy atom. The number of aryl methyl sites for hydroxylation is 2. The number of hydrogen-bond donors (Lipinski definition) is 2. The minimum atomic E-state index is -0.620. The Balaban J connectivity index is 1.67. The van der Waals surface area contributed by atoms with Crippen LogP contribution in [0.5, 0.6) is 17.2 Å². The Morgan fingerprint density at radius 2 is 1.62 bits per heavy atom. The Bertz CT molecular complexity index is 1170. The van der Waals surface area contributed by atoms with Gasteiger partial charge in [0, 0.05) is 12.0 Å². The molecule has 2 aromatic carbocycles. The van der Waals surface area contributed by atoms with Gasteiger partial charge in [0.25, 0.3) is 5.91 Å². The number of carbonyl (C=O) groups is 2. The van der Waals surface area contributed by atoms with Crippen molar-refractivity contribution >= 4 is 35.0 Å². The van der Waals surface area contributed by atoms with Gasteiger partial charge in [-0.1, -0.05) is 34.4 Å². The van der Waals surface area contributed by atoms with E-state index in [0.717, 1.165) is 5.56 Å². The van der Waals surface area contributed by atoms with Crippen LogP contribution in [0.3, 0.4) is 0 Å². The highest BCUT2D eigenvalue weighted by Crippen LogP contribution is 2.39. The fraction of sp³-hybridized carbons (Fsp3) is 0.261. The summed E-state index contributed by atoms with van der Waals surface area (Å²) in [4.78, 5) is 25.2. The molecular weight excluding hydrogens is 485 g/mol. The van der Waals surface area contributed by atoms with E-state index in [9.17, 15) is 9.59 Å². The average molecular weight is 508 g/mol. The lowest BCUT2D eigenvalue weighted by Gasteiger charge is -2.14. The summed E-state index contributed by atoms with van der Waals surface area (Å²) in [5.74, 6) is 0.650. The molecular formula is C23H23Cl2N3O6. The molecule has 3 rings (SSSR count). The molecule has 0 unspecified atom stereocenters. The number of ether oxygens (including phenoxy) is 3. The SMILES string of the molecule is COc1cc(CCC(=O)NNC(=O)c2c(-c3c(Cl)cccc3Cl)noc2C)cc(OC)c1OC. The molecule has 0 aliphatic rings. The lowest BCUT2D eigenvalue weighted by molar-refractivity contribution is -0.121. The van der Waals surface area contributed by atoms with Crippen LogP contribution in [0.4, 0.5) is 0 Å². The summed E-state index contributed by atoms with van der Waals surface area (Å²) in [6.07, 6.45) is 0.454. The third kappa shape index (κ3) is 5.37. The number of aromatic nitrogens is 1. The van der Waals surface area contributed by atoms with Gasteiger partial charge in [0.05, 0.1) is 31.4 Å². The molecule has 0 bridgehead atoms. The van der Waals surface area contributed by atoms with E-state index in [4.69, 9.17) is 41.9 Å². The van der Waals surface area contributed by atoms with E-state index in [1.54, 1.807) is 37.3 Å². The van der Waals surface area contributed by atoms with Crippen molar-refractivity contribution in [3.63, 3.8) is 0 Å². The molecule has 1 heterocycles. The predicted octanol–water partition coefficient (Wildman–Crippen LogP) is 4.38. The number of hydrazine groups is 1. The van der Waals surface area contributed by atoms with Gasteiger partial charge >= 0.3 is 0 Å². The fourth-order valence-corrected chi connectivity index (χ4v) is 3.90. The second-order valence-corrected chi connectivity index (χ2v) is 7.91. The predicted molar refractivity (Wildman–Crippen MR) is 127 cm³/mol. The minimum absolute atomic E-state index is 0.0880. The van der Waals surface area contributed by atoms with Crippen molar-refractivity contribution in [3.05, 3.63) is 57.3 Å². The lowest BCUT2D eigenvalue weighted by atomic mass is 10.1. The maximum atomic E-state index is 12.8. The number of rotatable bonds is 8. The molecule has 2 N–H and O–H groups in total. The van der Waals surface area contributed by atoms with Gasteiger partial charge in [0.1, 0.15) is 17.0 Å². The Labute approximate surface area is 206 Å². The maximum Gasteiger partial charge on any atom is 0.275 e. The Kier molecular flexibility index (Phi) is 8.25. The minimum Gasteiger partial charge on any atom is -0.493 e. The summed E-state index contributed by atoms with van der Waals surface area (Å²) in [5, 5.41) is 4.55. The molecule has 0 fully saturated rings. The van der Waals surface area contributed by atoms with Crippen molar-refractivity contribution in [3.8, 4) is 28.5 Å². The number of nitrogens with one attached hydrogen (secondary N) is 2. The van der Waals surface area contributed by atoms with E-state index in [2.05, 4.69) is 16.0 Å². The van der Waals surface area contributed by atoms with Crippen LogP contribution in [0.2, 0.25) is 10.0 Å². The summed E-state index contributed by atoms with van der Waals surface area (Å²) in [7, 11) is 4.54. The number of carbonyl (C=O) groups excluding carboxylic acids is 2. The summed E-state index contributed by atoms with van der Waals surface area (Å²) >= 11 is 12.5. The van der Waals surface area contributed by atoms with E-state index < -0.39 is 11.8 Å². The molecule has 34 heavy (non-hydrogen) atoms. The molecule has 0 atom stereocenters. The third-order valence-electron chi connectivity index (χ3n) is 4.97. The molecule has 0 saturated heterocycles. The largest absolute Gasteiger partial charge is 0.493 e. The quantitative estimate of drug-likeness (QED) is 0.435. The molecule has 180 valence electrons. The van der Waals surface area contributed by atoms with Crippen molar-refractivity contribution in [2.24, 2.45) is 0 Å². The smallest absolute Gasteiger partial charge is 0.275 e. The molecule has 0 radical (unpaired) electrons. The third-order valence-corrected chi connectivity index (χ3v) is 5.60. The first-order chi connectivity index (χ1) is 16.3. The number of nitrogens with zero attached hydrogens (tertiary/aromatic N) is 1. The van der Waals surface area contributed by atoms with Crippen LogP contribution in [-0.4, -0.2) is 38.3 Å². The van der Waals surface area contributed by atoms with Crippen LogP contribution in [0.1, 0.15) is 28.1 Å². The molecule has 0 aliphatic carbocycles. The van der Waals surface area contributed by atoms with Gasteiger partial charge in [0.15, 0.2) is 11.5 Å². The van der Waals surface area contributed by atoms with Gasteiger partial charge in [-0.15, -0.1) is 0 Å². The second kappa shape index (κ2) is 11.1. The number of hydrogen-bond acceptors (Lipinski definition) is 7. The first kappa shape index (κ1) is 25.2. The summed E-state index contributed by atoms with van der Waals surface area (Å²) in [5.41, 5.74) is 6.22. The number of benzene rings is 2. The average Bonchev–Trinajstić information content (AvgIpc) is 3.21. The van der Waals surface area contributed by atoms with E-state index >= 15 is 0 Å².